The number of non-ortho nitro benzene ring substituents is 1. The Morgan fingerprint density at radius 1 is 1.36 bits per heavy atom. The predicted octanol–water partition coefficient (Wildman–Crippen LogP) is 3.28. The second-order valence-electron chi connectivity index (χ2n) is 4.24. The van der Waals surface area contributed by atoms with Gasteiger partial charge in [0, 0.05) is 0 Å². The molecule has 0 radical (unpaired) electrons. The first-order valence-electron chi connectivity index (χ1n) is 6.25. The van der Waals surface area contributed by atoms with E-state index in [1.807, 2.05) is 0 Å². The Morgan fingerprint density at radius 3 is 2.64 bits per heavy atom. The van der Waals surface area contributed by atoms with Crippen LogP contribution in [0.1, 0.15) is 5.56 Å². The number of ether oxygens (including phenoxy) is 1. The number of aromatic nitrogens is 1. The van der Waals surface area contributed by atoms with Gasteiger partial charge in [-0.2, -0.15) is 0 Å². The molecular weight excluding hydrogens is 410 g/mol. The second-order valence-corrected chi connectivity index (χ2v) is 8.33. The van der Waals surface area contributed by atoms with Crippen molar-refractivity contribution in [1.82, 2.24) is 4.98 Å². The number of nitro benzene ring substituents is 1. The molecule has 0 bridgehead atoms. The Kier molecular flexibility index (Phi) is 6.07. The number of carbonyl (C=O) groups excluding carboxylic acids is 1. The number of hydrogen-bond acceptors (Lipinski definition) is 5. The van der Waals surface area contributed by atoms with Crippen LogP contribution in [-0.2, 0) is 34.7 Å². The van der Waals surface area contributed by atoms with Crippen molar-refractivity contribution in [2.45, 2.75) is 6.61 Å². The summed E-state index contributed by atoms with van der Waals surface area (Å²) in [4.78, 5) is 26.1. The molecule has 1 aromatic heterocycles. The van der Waals surface area contributed by atoms with Crippen molar-refractivity contribution < 1.29 is 37.8 Å². The van der Waals surface area contributed by atoms with Gasteiger partial charge in [-0.15, -0.1) is 0 Å². The first-order valence-corrected chi connectivity index (χ1v) is 13.2. The van der Waals surface area contributed by atoms with Crippen LogP contribution < -0.4 is 2.71 Å². The number of pyridine rings is 1. The van der Waals surface area contributed by atoms with Gasteiger partial charge >= 0.3 is 142 Å². The first-order chi connectivity index (χ1) is 10.6. The van der Waals surface area contributed by atoms with Crippen LogP contribution in [0.5, 0.6) is 0 Å². The summed E-state index contributed by atoms with van der Waals surface area (Å²) in [6.45, 7) is 0.0961. The van der Waals surface area contributed by atoms with Gasteiger partial charge in [-0.25, -0.2) is 0 Å². The normalized spacial score (nSPS) is 9.68. The van der Waals surface area contributed by atoms with E-state index in [9.17, 15) is 14.9 Å². The van der Waals surface area contributed by atoms with Crippen LogP contribution in [0.15, 0.2) is 48.8 Å². The average Bonchev–Trinajstić information content (AvgIpc) is 2.55. The van der Waals surface area contributed by atoms with Crippen LogP contribution in [0, 0.1) is 10.1 Å². The number of hydrogen-bond donors (Lipinski definition) is 0. The molecule has 7 nitrogen and oxygen atoms in total. The minimum atomic E-state index is -2.05. The van der Waals surface area contributed by atoms with E-state index in [4.69, 9.17) is 13.1 Å². The van der Waals surface area contributed by atoms with Gasteiger partial charge in [0.2, 0.25) is 0 Å². The topological polar surface area (TPSA) is 85.6 Å². The molecule has 0 fully saturated rings. The van der Waals surface area contributed by atoms with Gasteiger partial charge in [-0.05, 0) is 0 Å². The van der Waals surface area contributed by atoms with Gasteiger partial charge in [0.15, 0.2) is 0 Å². The monoisotopic (exact) mass is 421 g/mol. The molecule has 0 spiro atoms. The summed E-state index contributed by atoms with van der Waals surface area (Å²) in [6, 6.07) is 9.17. The van der Waals surface area contributed by atoms with E-state index in [0.717, 1.165) is 5.56 Å². The number of anilines is 1. The Labute approximate surface area is 142 Å². The molecule has 2 rings (SSSR count). The fourth-order valence-corrected chi connectivity index (χ4v) is 4.80. The predicted molar refractivity (Wildman–Crippen MR) is 75.9 cm³/mol. The van der Waals surface area contributed by atoms with Crippen LogP contribution in [0.2, 0.25) is 0 Å². The number of rotatable bonds is 5. The molecular formula is C13H10CdClN3O4. The maximum absolute atomic E-state index is 12.1. The molecule has 22 heavy (non-hydrogen) atoms. The third kappa shape index (κ3) is 4.37. The third-order valence-corrected chi connectivity index (χ3v) is 6.86. The van der Waals surface area contributed by atoms with Crippen LogP contribution in [0.4, 0.5) is 16.2 Å². The van der Waals surface area contributed by atoms with E-state index in [2.05, 4.69) is 4.98 Å². The first kappa shape index (κ1) is 16.6. The van der Waals surface area contributed by atoms with Crippen LogP contribution in [0.3, 0.4) is 0 Å². The minimum absolute atomic E-state index is 0.0443. The fraction of sp³-hybridized carbons (Fsp3) is 0.0769. The molecule has 2 aromatic rings. The van der Waals surface area contributed by atoms with Gasteiger partial charge < -0.3 is 0 Å². The Hall–Kier alpha value is -1.75. The fourth-order valence-electron chi connectivity index (χ4n) is 1.68. The Balaban J connectivity index is 2.03. The van der Waals surface area contributed by atoms with E-state index < -0.39 is 34.3 Å². The molecule has 0 atom stereocenters. The standard InChI is InChI=1S/C13H11N3O4.Cd.ClH/c17-13(20-9-10-2-1-7-14-8-10)15-11-3-5-12(6-4-11)16(18)19;;/h1-8H,9H2,(H,15,17);;1H/q;+2;/p-2. The summed E-state index contributed by atoms with van der Waals surface area (Å²) >= 11 is -2.05. The molecule has 1 heterocycles. The Bertz CT molecular complexity index is 654. The van der Waals surface area contributed by atoms with E-state index in [1.165, 1.54) is 27.0 Å². The summed E-state index contributed by atoms with van der Waals surface area (Å²) in [5, 5.41) is 10.6. The van der Waals surface area contributed by atoms with Crippen LogP contribution >= 0.6 is 8.32 Å². The van der Waals surface area contributed by atoms with E-state index in [1.54, 1.807) is 24.5 Å². The number of amides is 1. The molecule has 0 unspecified atom stereocenters. The second kappa shape index (κ2) is 8.04. The summed E-state index contributed by atoms with van der Waals surface area (Å²) in [7, 11) is 5.97. The van der Waals surface area contributed by atoms with Crippen molar-refractivity contribution >= 4 is 25.8 Å². The number of halogens is 1. The quantitative estimate of drug-likeness (QED) is 0.421. The van der Waals surface area contributed by atoms with E-state index in [-0.39, 0.29) is 12.3 Å². The summed E-state index contributed by atoms with van der Waals surface area (Å²) < 4.78 is 6.57. The molecule has 110 valence electrons. The average molecular weight is 420 g/mol. The molecule has 1 amide bonds. The zero-order valence-electron chi connectivity index (χ0n) is 11.4. The van der Waals surface area contributed by atoms with Gasteiger partial charge in [0.1, 0.15) is 0 Å². The maximum atomic E-state index is 12.1. The number of nitrogens with zero attached hydrogens (tertiary/aromatic N) is 3. The molecule has 0 N–H and O–H groups in total. The van der Waals surface area contributed by atoms with Crippen LogP contribution in [-0.4, -0.2) is 16.0 Å². The molecule has 1 aromatic carbocycles. The van der Waals surface area contributed by atoms with Crippen molar-refractivity contribution in [2.75, 3.05) is 2.71 Å². The van der Waals surface area contributed by atoms with E-state index in [0.29, 0.717) is 5.69 Å². The summed E-state index contributed by atoms with van der Waals surface area (Å²) in [5.74, 6) is 0. The molecule has 9 heteroatoms. The number of benzene rings is 1. The molecule has 0 saturated heterocycles. The van der Waals surface area contributed by atoms with Crippen molar-refractivity contribution in [3.63, 3.8) is 0 Å². The van der Waals surface area contributed by atoms with Gasteiger partial charge in [0.05, 0.1) is 0 Å². The molecule has 0 aliphatic heterocycles. The zero-order chi connectivity index (χ0) is 15.9. The summed E-state index contributed by atoms with van der Waals surface area (Å²) in [5.41, 5.74) is 1.23. The van der Waals surface area contributed by atoms with Crippen molar-refractivity contribution in [1.29, 1.82) is 0 Å². The molecule has 0 aliphatic rings. The molecule has 0 saturated carbocycles. The summed E-state index contributed by atoms with van der Waals surface area (Å²) in [6.07, 6.45) is 2.68. The number of carbonyl (C=O) groups is 1. The Morgan fingerprint density at radius 2 is 2.09 bits per heavy atom. The number of nitro groups is 1. The van der Waals surface area contributed by atoms with Crippen molar-refractivity contribution in [3.8, 4) is 0 Å². The zero-order valence-corrected chi connectivity index (χ0v) is 16.2. The van der Waals surface area contributed by atoms with Crippen molar-refractivity contribution in [3.05, 3.63) is 64.5 Å². The van der Waals surface area contributed by atoms with Gasteiger partial charge in [0.25, 0.3) is 0 Å². The van der Waals surface area contributed by atoms with E-state index >= 15 is 0 Å². The van der Waals surface area contributed by atoms with Gasteiger partial charge in [-0.1, -0.05) is 0 Å². The van der Waals surface area contributed by atoms with Crippen molar-refractivity contribution in [2.24, 2.45) is 0 Å². The SMILES string of the molecule is O=C(OCc1cccnc1)[N]([Cd][Cl])c1ccc([N+](=O)[O-])cc1. The molecule has 0 aliphatic carbocycles. The van der Waals surface area contributed by atoms with Crippen LogP contribution in [0.25, 0.3) is 0 Å². The van der Waals surface area contributed by atoms with Gasteiger partial charge in [-0.3, -0.25) is 0 Å². The third-order valence-electron chi connectivity index (χ3n) is 2.80.